The first-order valence-corrected chi connectivity index (χ1v) is 8.25. The van der Waals surface area contributed by atoms with E-state index in [1.165, 1.54) is 12.8 Å². The van der Waals surface area contributed by atoms with Gasteiger partial charge in [-0.25, -0.2) is 0 Å². The molecule has 1 aliphatic heterocycles. The van der Waals surface area contributed by atoms with E-state index in [-0.39, 0.29) is 30.3 Å². The Balaban J connectivity index is 1.55. The quantitative estimate of drug-likeness (QED) is 0.751. The fraction of sp³-hybridized carbons (Fsp3) is 0.529. The molecule has 0 bridgehead atoms. The van der Waals surface area contributed by atoms with Crippen molar-refractivity contribution in [1.82, 2.24) is 5.32 Å². The molecule has 4 N–H and O–H groups in total. The Morgan fingerprint density at radius 2 is 2.04 bits per heavy atom. The van der Waals surface area contributed by atoms with Crippen molar-refractivity contribution in [2.75, 3.05) is 12.4 Å². The molecule has 2 fully saturated rings. The van der Waals surface area contributed by atoms with Gasteiger partial charge in [0.05, 0.1) is 19.6 Å². The lowest BCUT2D eigenvalue weighted by Gasteiger charge is -2.37. The molecule has 1 aromatic carbocycles. The summed E-state index contributed by atoms with van der Waals surface area (Å²) in [7, 11) is 1.60. The molecule has 1 aromatic rings. The summed E-state index contributed by atoms with van der Waals surface area (Å²) in [6.07, 6.45) is 4.75. The minimum Gasteiger partial charge on any atom is -0.497 e. The minimum absolute atomic E-state index is 0.0157. The van der Waals surface area contributed by atoms with Gasteiger partial charge in [0.1, 0.15) is 11.8 Å². The summed E-state index contributed by atoms with van der Waals surface area (Å²) in [5.74, 6) is 0.588. The number of rotatable bonds is 4. The molecule has 6 nitrogen and oxygen atoms in total. The molecule has 124 valence electrons. The average molecular weight is 318 g/mol. The van der Waals surface area contributed by atoms with Crippen LogP contribution in [0, 0.1) is 0 Å². The van der Waals surface area contributed by atoms with Gasteiger partial charge in [-0.1, -0.05) is 6.42 Å². The summed E-state index contributed by atoms with van der Waals surface area (Å²) in [5, 5.41) is 8.02. The van der Waals surface area contributed by atoms with Crippen molar-refractivity contribution in [3.05, 3.63) is 24.3 Å². The number of anilines is 1. The molecule has 3 rings (SSSR count). The number of methoxy groups -OCH3 is 1. The Morgan fingerprint density at radius 3 is 2.78 bits per heavy atom. The molecular weight excluding hydrogens is 294 g/mol. The fourth-order valence-electron chi connectivity index (χ4n) is 3.49. The van der Waals surface area contributed by atoms with E-state index >= 15 is 0 Å². The van der Waals surface area contributed by atoms with Crippen LogP contribution < -0.4 is 20.7 Å². The largest absolute Gasteiger partial charge is 0.497 e. The number of hydrogen-bond donors (Lipinski definition) is 3. The first-order valence-electron chi connectivity index (χ1n) is 8.25. The predicted octanol–water partition coefficient (Wildman–Crippen LogP) is 0.397. The van der Waals surface area contributed by atoms with E-state index < -0.39 is 0 Å². The van der Waals surface area contributed by atoms with Gasteiger partial charge in [-0.05, 0) is 37.1 Å². The Hall–Kier alpha value is -2.08. The molecule has 23 heavy (non-hydrogen) atoms. The van der Waals surface area contributed by atoms with Gasteiger partial charge in [-0.3, -0.25) is 9.59 Å². The van der Waals surface area contributed by atoms with Crippen LogP contribution in [0.1, 0.15) is 32.1 Å². The van der Waals surface area contributed by atoms with E-state index in [1.54, 1.807) is 31.4 Å². The highest BCUT2D eigenvalue weighted by atomic mass is 16.5. The molecular formula is C17H24N3O3+. The second kappa shape index (κ2) is 7.00. The van der Waals surface area contributed by atoms with Crippen LogP contribution in [0.4, 0.5) is 5.69 Å². The number of piperazine rings is 1. The van der Waals surface area contributed by atoms with Gasteiger partial charge < -0.3 is 20.7 Å². The van der Waals surface area contributed by atoms with E-state index in [2.05, 4.69) is 16.0 Å². The van der Waals surface area contributed by atoms with Crippen LogP contribution in [0.5, 0.6) is 5.75 Å². The number of nitrogens with two attached hydrogens (primary N) is 1. The first kappa shape index (κ1) is 15.8. The number of fused-ring (bicyclic) bond motifs is 1. The lowest BCUT2D eigenvalue weighted by molar-refractivity contribution is -0.718. The highest BCUT2D eigenvalue weighted by Gasteiger charge is 2.40. The van der Waals surface area contributed by atoms with Crippen molar-refractivity contribution in [1.29, 1.82) is 0 Å². The topological polar surface area (TPSA) is 84.0 Å². The molecule has 0 spiro atoms. The summed E-state index contributed by atoms with van der Waals surface area (Å²) in [5.41, 5.74) is 0.711. The average Bonchev–Trinajstić information content (AvgIpc) is 2.56. The summed E-state index contributed by atoms with van der Waals surface area (Å²) in [4.78, 5) is 24.4. The van der Waals surface area contributed by atoms with Gasteiger partial charge in [0.2, 0.25) is 5.91 Å². The Bertz CT molecular complexity index is 573. The van der Waals surface area contributed by atoms with Crippen molar-refractivity contribution >= 4 is 17.5 Å². The molecule has 0 unspecified atom stereocenters. The number of carbonyl (C=O) groups excluding carboxylic acids is 2. The summed E-state index contributed by atoms with van der Waals surface area (Å²) >= 11 is 0. The second-order valence-corrected chi connectivity index (χ2v) is 6.34. The summed E-state index contributed by atoms with van der Waals surface area (Å²) < 4.78 is 5.09. The summed E-state index contributed by atoms with van der Waals surface area (Å²) in [6, 6.07) is 7.53. The van der Waals surface area contributed by atoms with Gasteiger partial charge in [-0.2, -0.15) is 0 Å². The van der Waals surface area contributed by atoms with Crippen molar-refractivity contribution in [2.24, 2.45) is 0 Å². The number of amides is 2. The van der Waals surface area contributed by atoms with E-state index in [0.717, 1.165) is 18.6 Å². The van der Waals surface area contributed by atoms with Crippen LogP contribution in [0.25, 0.3) is 0 Å². The van der Waals surface area contributed by atoms with Crippen LogP contribution in [-0.4, -0.2) is 37.0 Å². The van der Waals surface area contributed by atoms with Crippen molar-refractivity contribution in [3.63, 3.8) is 0 Å². The van der Waals surface area contributed by atoms with Crippen LogP contribution in [-0.2, 0) is 9.59 Å². The molecule has 2 amide bonds. The van der Waals surface area contributed by atoms with Gasteiger partial charge in [0.25, 0.3) is 5.91 Å². The van der Waals surface area contributed by atoms with Crippen LogP contribution in [0.2, 0.25) is 0 Å². The number of carbonyl (C=O) groups is 2. The molecule has 1 aliphatic carbocycles. The maximum Gasteiger partial charge on any atom is 0.279 e. The molecule has 0 aromatic heterocycles. The minimum atomic E-state index is -0.326. The lowest BCUT2D eigenvalue weighted by Crippen LogP contribution is -3.03. The van der Waals surface area contributed by atoms with Crippen LogP contribution >= 0.6 is 0 Å². The van der Waals surface area contributed by atoms with Crippen LogP contribution in [0.15, 0.2) is 24.3 Å². The molecule has 1 heterocycles. The van der Waals surface area contributed by atoms with E-state index in [0.29, 0.717) is 11.7 Å². The number of hydrogen-bond acceptors (Lipinski definition) is 3. The smallest absolute Gasteiger partial charge is 0.279 e. The first-order chi connectivity index (χ1) is 11.2. The monoisotopic (exact) mass is 318 g/mol. The van der Waals surface area contributed by atoms with E-state index in [4.69, 9.17) is 4.74 Å². The third-order valence-corrected chi connectivity index (χ3v) is 4.74. The van der Waals surface area contributed by atoms with Gasteiger partial charge in [0, 0.05) is 12.1 Å². The molecule has 3 atom stereocenters. The lowest BCUT2D eigenvalue weighted by atomic mass is 9.87. The molecule has 1 saturated carbocycles. The molecule has 1 saturated heterocycles. The third-order valence-electron chi connectivity index (χ3n) is 4.74. The Kier molecular flexibility index (Phi) is 4.81. The van der Waals surface area contributed by atoms with Crippen molar-refractivity contribution in [2.45, 2.75) is 50.2 Å². The highest BCUT2D eigenvalue weighted by molar-refractivity contribution is 5.95. The molecule has 6 heteroatoms. The Labute approximate surface area is 136 Å². The van der Waals surface area contributed by atoms with Gasteiger partial charge >= 0.3 is 0 Å². The Morgan fingerprint density at radius 1 is 1.30 bits per heavy atom. The van der Waals surface area contributed by atoms with Crippen molar-refractivity contribution < 1.29 is 19.6 Å². The second-order valence-electron chi connectivity index (χ2n) is 6.34. The third kappa shape index (κ3) is 3.82. The maximum absolute atomic E-state index is 12.2. The standard InChI is InChI=1S/C17H23N3O3/c1-23-12-8-6-11(7-9-12)18-16(21)10-15-17(22)20-14-5-3-2-4-13(14)19-15/h6-9,13-15,19H,2-5,10H2,1H3,(H,18,21)(H,20,22)/p+1/t13-,14-,15-/m0/s1. The van der Waals surface area contributed by atoms with Crippen LogP contribution in [0.3, 0.4) is 0 Å². The fourth-order valence-corrected chi connectivity index (χ4v) is 3.49. The van der Waals surface area contributed by atoms with Gasteiger partial charge in [-0.15, -0.1) is 0 Å². The SMILES string of the molecule is COc1ccc(NC(=O)C[C@@H]2[NH2+][C@H]3CCCC[C@@H]3NC2=O)cc1. The number of ether oxygens (including phenoxy) is 1. The number of quaternary nitrogens is 1. The van der Waals surface area contributed by atoms with Crippen molar-refractivity contribution in [3.8, 4) is 5.75 Å². The maximum atomic E-state index is 12.2. The predicted molar refractivity (Wildman–Crippen MR) is 86.1 cm³/mol. The highest BCUT2D eigenvalue weighted by Crippen LogP contribution is 2.19. The molecule has 2 aliphatic rings. The van der Waals surface area contributed by atoms with E-state index in [9.17, 15) is 9.59 Å². The number of nitrogens with one attached hydrogen (secondary N) is 2. The van der Waals surface area contributed by atoms with E-state index in [1.807, 2.05) is 0 Å². The van der Waals surface area contributed by atoms with Gasteiger partial charge in [0.15, 0.2) is 6.04 Å². The zero-order valence-corrected chi connectivity index (χ0v) is 13.4. The number of benzene rings is 1. The normalized spacial score (nSPS) is 26.8. The summed E-state index contributed by atoms with van der Waals surface area (Å²) in [6.45, 7) is 0. The zero-order chi connectivity index (χ0) is 16.2. The zero-order valence-electron chi connectivity index (χ0n) is 13.4. The molecule has 0 radical (unpaired) electrons.